The molecule has 2 aromatic rings. The highest BCUT2D eigenvalue weighted by atomic mass is 35.5. The van der Waals surface area contributed by atoms with Gasteiger partial charge in [-0.1, -0.05) is 41.9 Å². The van der Waals surface area contributed by atoms with Gasteiger partial charge in [0, 0.05) is 26.2 Å². The Morgan fingerprint density at radius 3 is 2.56 bits per heavy atom. The van der Waals surface area contributed by atoms with Crippen molar-refractivity contribution in [2.45, 2.75) is 17.4 Å². The van der Waals surface area contributed by atoms with Crippen LogP contribution in [0.15, 0.2) is 53.4 Å². The number of ether oxygens (including phenoxy) is 2. The second-order valence-corrected chi connectivity index (χ2v) is 9.53. The smallest absolute Gasteiger partial charge is 0.241 e. The Morgan fingerprint density at radius 2 is 1.91 bits per heavy atom. The lowest BCUT2D eigenvalue weighted by atomic mass is 10.1. The number of benzene rings is 2. The Kier molecular flexibility index (Phi) is 8.89. The molecule has 1 amide bonds. The molecule has 1 fully saturated rings. The standard InChI is InChI=1S/C22H28ClN3O5S/c1-30-21-8-7-18(16-19(21)23)32(28,29)25-20(15-17-5-3-2-4-6-17)22(27)24-9-10-26-11-13-31-14-12-26/h2-8,16,20,25H,9-15H2,1H3,(H,24,27)/t20-/m0/s1. The van der Waals surface area contributed by atoms with Gasteiger partial charge in [0.05, 0.1) is 30.2 Å². The van der Waals surface area contributed by atoms with Gasteiger partial charge >= 0.3 is 0 Å². The first-order chi connectivity index (χ1) is 15.4. The van der Waals surface area contributed by atoms with Crippen molar-refractivity contribution in [3.8, 4) is 5.75 Å². The number of methoxy groups -OCH3 is 1. The molecule has 1 aliphatic rings. The molecule has 1 heterocycles. The number of amides is 1. The van der Waals surface area contributed by atoms with E-state index in [4.69, 9.17) is 21.1 Å². The average Bonchev–Trinajstić information content (AvgIpc) is 2.80. The zero-order chi connectivity index (χ0) is 23.0. The fraction of sp³-hybridized carbons (Fsp3) is 0.409. The van der Waals surface area contributed by atoms with Crippen LogP contribution in [0.1, 0.15) is 5.56 Å². The van der Waals surface area contributed by atoms with Crippen LogP contribution < -0.4 is 14.8 Å². The number of rotatable bonds is 10. The van der Waals surface area contributed by atoms with Crippen molar-refractivity contribution in [2.75, 3.05) is 46.5 Å². The van der Waals surface area contributed by atoms with Crippen molar-refractivity contribution in [1.29, 1.82) is 0 Å². The predicted octanol–water partition coefficient (Wildman–Crippen LogP) is 1.69. The van der Waals surface area contributed by atoms with Crippen LogP contribution in [0.3, 0.4) is 0 Å². The van der Waals surface area contributed by atoms with E-state index >= 15 is 0 Å². The number of sulfonamides is 1. The zero-order valence-corrected chi connectivity index (χ0v) is 19.5. The largest absolute Gasteiger partial charge is 0.495 e. The molecule has 3 rings (SSSR count). The molecule has 0 bridgehead atoms. The molecule has 174 valence electrons. The molecule has 2 N–H and O–H groups in total. The molecule has 8 nitrogen and oxygen atoms in total. The highest BCUT2D eigenvalue weighted by Gasteiger charge is 2.26. The summed E-state index contributed by atoms with van der Waals surface area (Å²) < 4.78 is 38.9. The van der Waals surface area contributed by atoms with Crippen molar-refractivity contribution in [3.05, 3.63) is 59.1 Å². The summed E-state index contributed by atoms with van der Waals surface area (Å²) in [6, 6.07) is 12.5. The molecule has 1 saturated heterocycles. The number of carbonyl (C=O) groups excluding carboxylic acids is 1. The van der Waals surface area contributed by atoms with E-state index in [1.807, 2.05) is 30.3 Å². The van der Waals surface area contributed by atoms with E-state index in [1.165, 1.54) is 25.3 Å². The molecule has 0 unspecified atom stereocenters. The first kappa shape index (κ1) is 24.5. The van der Waals surface area contributed by atoms with Gasteiger partial charge < -0.3 is 14.8 Å². The molecule has 1 atom stereocenters. The van der Waals surface area contributed by atoms with Gasteiger partial charge in [0.15, 0.2) is 0 Å². The van der Waals surface area contributed by atoms with Crippen LogP contribution >= 0.6 is 11.6 Å². The van der Waals surface area contributed by atoms with Crippen LogP contribution in [-0.2, 0) is 26.0 Å². The third-order valence-electron chi connectivity index (χ3n) is 5.16. The van der Waals surface area contributed by atoms with Gasteiger partial charge in [0.2, 0.25) is 15.9 Å². The summed E-state index contributed by atoms with van der Waals surface area (Å²) >= 11 is 6.10. The first-order valence-electron chi connectivity index (χ1n) is 10.4. The molecule has 0 saturated carbocycles. The monoisotopic (exact) mass is 481 g/mol. The molecular weight excluding hydrogens is 454 g/mol. The van der Waals surface area contributed by atoms with Crippen molar-refractivity contribution in [1.82, 2.24) is 14.9 Å². The summed E-state index contributed by atoms with van der Waals surface area (Å²) in [6.07, 6.45) is 0.216. The van der Waals surface area contributed by atoms with E-state index in [0.717, 1.165) is 18.7 Å². The molecule has 0 radical (unpaired) electrons. The maximum absolute atomic E-state index is 13.0. The maximum atomic E-state index is 13.0. The maximum Gasteiger partial charge on any atom is 0.241 e. The summed E-state index contributed by atoms with van der Waals surface area (Å²) in [7, 11) is -2.55. The Balaban J connectivity index is 1.71. The van der Waals surface area contributed by atoms with Crippen LogP contribution in [0.4, 0.5) is 0 Å². The van der Waals surface area contributed by atoms with Gasteiger partial charge in [-0.25, -0.2) is 8.42 Å². The Labute approximate surface area is 193 Å². The van der Waals surface area contributed by atoms with E-state index in [-0.39, 0.29) is 22.2 Å². The lowest BCUT2D eigenvalue weighted by Gasteiger charge is -2.27. The van der Waals surface area contributed by atoms with Crippen LogP contribution in [0.25, 0.3) is 0 Å². The summed E-state index contributed by atoms with van der Waals surface area (Å²) in [5.74, 6) is -0.0161. The van der Waals surface area contributed by atoms with Gasteiger partial charge in [0.1, 0.15) is 11.8 Å². The lowest BCUT2D eigenvalue weighted by molar-refractivity contribution is -0.122. The molecule has 32 heavy (non-hydrogen) atoms. The van der Waals surface area contributed by atoms with Crippen LogP contribution in [0, 0.1) is 0 Å². The number of halogens is 1. The third kappa shape index (κ3) is 6.91. The lowest BCUT2D eigenvalue weighted by Crippen LogP contribution is -2.49. The minimum Gasteiger partial charge on any atom is -0.495 e. The van der Waals surface area contributed by atoms with Gasteiger partial charge in [-0.2, -0.15) is 4.72 Å². The zero-order valence-electron chi connectivity index (χ0n) is 17.9. The van der Waals surface area contributed by atoms with Crippen molar-refractivity contribution in [3.63, 3.8) is 0 Å². The molecule has 10 heteroatoms. The Morgan fingerprint density at radius 1 is 1.19 bits per heavy atom. The van der Waals surface area contributed by atoms with E-state index in [0.29, 0.717) is 32.1 Å². The predicted molar refractivity (Wildman–Crippen MR) is 123 cm³/mol. The van der Waals surface area contributed by atoms with Gasteiger partial charge in [-0.05, 0) is 30.2 Å². The van der Waals surface area contributed by atoms with Crippen LogP contribution in [-0.4, -0.2) is 71.8 Å². The highest BCUT2D eigenvalue weighted by molar-refractivity contribution is 7.89. The SMILES string of the molecule is COc1ccc(S(=O)(=O)N[C@@H](Cc2ccccc2)C(=O)NCCN2CCOCC2)cc1Cl. The van der Waals surface area contributed by atoms with E-state index in [9.17, 15) is 13.2 Å². The van der Waals surface area contributed by atoms with Crippen LogP contribution in [0.2, 0.25) is 5.02 Å². The number of nitrogens with one attached hydrogen (secondary N) is 2. The van der Waals surface area contributed by atoms with Gasteiger partial charge in [-0.3, -0.25) is 9.69 Å². The van der Waals surface area contributed by atoms with E-state index < -0.39 is 16.1 Å². The number of carbonyl (C=O) groups is 1. The average molecular weight is 482 g/mol. The van der Waals surface area contributed by atoms with Crippen molar-refractivity contribution in [2.24, 2.45) is 0 Å². The molecular formula is C22H28ClN3O5S. The van der Waals surface area contributed by atoms with E-state index in [2.05, 4.69) is 14.9 Å². The van der Waals surface area contributed by atoms with Crippen molar-refractivity contribution >= 4 is 27.5 Å². The molecule has 0 aromatic heterocycles. The molecule has 0 aliphatic carbocycles. The molecule has 0 spiro atoms. The number of nitrogens with zero attached hydrogens (tertiary/aromatic N) is 1. The topological polar surface area (TPSA) is 97.0 Å². The minimum atomic E-state index is -4.00. The summed E-state index contributed by atoms with van der Waals surface area (Å²) in [5, 5.41) is 3.03. The highest BCUT2D eigenvalue weighted by Crippen LogP contribution is 2.27. The van der Waals surface area contributed by atoms with Crippen molar-refractivity contribution < 1.29 is 22.7 Å². The number of hydrogen-bond acceptors (Lipinski definition) is 6. The van der Waals surface area contributed by atoms with Gasteiger partial charge in [0.25, 0.3) is 0 Å². The summed E-state index contributed by atoms with van der Waals surface area (Å²) in [5.41, 5.74) is 0.844. The normalized spacial score (nSPS) is 15.8. The minimum absolute atomic E-state index is 0.0394. The van der Waals surface area contributed by atoms with E-state index in [1.54, 1.807) is 0 Å². The van der Waals surface area contributed by atoms with Crippen LogP contribution in [0.5, 0.6) is 5.75 Å². The number of hydrogen-bond donors (Lipinski definition) is 2. The second-order valence-electron chi connectivity index (χ2n) is 7.40. The number of morpholine rings is 1. The third-order valence-corrected chi connectivity index (χ3v) is 6.93. The molecule has 1 aliphatic heterocycles. The Hall–Kier alpha value is -2.17. The van der Waals surface area contributed by atoms with Gasteiger partial charge in [-0.15, -0.1) is 0 Å². The molecule has 2 aromatic carbocycles. The second kappa shape index (κ2) is 11.6. The quantitative estimate of drug-likeness (QED) is 0.536. The summed E-state index contributed by atoms with van der Waals surface area (Å²) in [6.45, 7) is 4.07. The summed E-state index contributed by atoms with van der Waals surface area (Å²) in [4.78, 5) is 15.1. The Bertz CT molecular complexity index is 998. The fourth-order valence-corrected chi connectivity index (χ4v) is 4.94. The first-order valence-corrected chi connectivity index (χ1v) is 12.2. The fourth-order valence-electron chi connectivity index (χ4n) is 3.39.